The molecule has 0 atom stereocenters. The molecule has 0 unspecified atom stereocenters. The summed E-state index contributed by atoms with van der Waals surface area (Å²) < 4.78 is 65.9. The largest absolute Gasteiger partial charge is 0.416 e. The number of rotatable bonds is 2. The van der Waals surface area contributed by atoms with E-state index in [2.05, 4.69) is 10.3 Å². The summed E-state index contributed by atoms with van der Waals surface area (Å²) >= 11 is 0. The van der Waals surface area contributed by atoms with Crippen molar-refractivity contribution in [3.05, 3.63) is 63.9 Å². The number of halogens is 5. The van der Waals surface area contributed by atoms with E-state index in [4.69, 9.17) is 0 Å². The molecule has 0 amide bonds. The van der Waals surface area contributed by atoms with Crippen LogP contribution in [0.3, 0.4) is 0 Å². The second-order valence-corrected chi connectivity index (χ2v) is 5.61. The van der Waals surface area contributed by atoms with Crippen molar-refractivity contribution in [1.82, 2.24) is 9.55 Å². The van der Waals surface area contributed by atoms with Gasteiger partial charge in [0.25, 0.3) is 5.56 Å². The van der Waals surface area contributed by atoms with Crippen molar-refractivity contribution in [3.63, 3.8) is 0 Å². The number of benzene rings is 2. The van der Waals surface area contributed by atoms with E-state index < -0.39 is 40.8 Å². The van der Waals surface area contributed by atoms with Crippen LogP contribution in [0.5, 0.6) is 0 Å². The van der Waals surface area contributed by atoms with Crippen LogP contribution >= 0.6 is 0 Å². The molecule has 0 fully saturated rings. The minimum Gasteiger partial charge on any atom is -0.325 e. The molecule has 0 aliphatic heterocycles. The van der Waals surface area contributed by atoms with Crippen LogP contribution in [0.2, 0.25) is 0 Å². The van der Waals surface area contributed by atoms with Crippen LogP contribution in [0, 0.1) is 11.6 Å². The molecule has 0 bridgehead atoms. The number of nitrogens with one attached hydrogen (secondary N) is 1. The maximum atomic E-state index is 13.3. The SMILES string of the molecule is CC(=O)n1c(Nc2cc(F)cc(F)c2)nc2cc(C(F)(F)F)ccc2c1=O. The monoisotopic (exact) mass is 383 g/mol. The Morgan fingerprint density at radius 1 is 1.07 bits per heavy atom. The lowest BCUT2D eigenvalue weighted by Gasteiger charge is -2.13. The molecule has 0 saturated carbocycles. The molecule has 3 aromatic rings. The fraction of sp³-hybridized carbons (Fsp3) is 0.118. The summed E-state index contributed by atoms with van der Waals surface area (Å²) in [6.07, 6.45) is -4.66. The van der Waals surface area contributed by atoms with Gasteiger partial charge in [-0.3, -0.25) is 9.59 Å². The molecule has 5 nitrogen and oxygen atoms in total. The number of nitrogens with zero attached hydrogens (tertiary/aromatic N) is 2. The Morgan fingerprint density at radius 2 is 1.70 bits per heavy atom. The molecule has 0 spiro atoms. The van der Waals surface area contributed by atoms with E-state index in [9.17, 15) is 31.5 Å². The smallest absolute Gasteiger partial charge is 0.325 e. The summed E-state index contributed by atoms with van der Waals surface area (Å²) in [5.41, 5.74) is -2.46. The number of hydrogen-bond acceptors (Lipinski definition) is 4. The molecule has 0 saturated heterocycles. The van der Waals surface area contributed by atoms with Gasteiger partial charge in [0.05, 0.1) is 16.5 Å². The quantitative estimate of drug-likeness (QED) is 0.677. The maximum Gasteiger partial charge on any atom is 0.416 e. The Labute approximate surface area is 148 Å². The van der Waals surface area contributed by atoms with Crippen LogP contribution in [0.15, 0.2) is 41.2 Å². The Balaban J connectivity index is 2.24. The Bertz CT molecular complexity index is 1100. The van der Waals surface area contributed by atoms with Crippen molar-refractivity contribution in [3.8, 4) is 0 Å². The highest BCUT2D eigenvalue weighted by molar-refractivity contribution is 5.87. The number of aromatic nitrogens is 2. The van der Waals surface area contributed by atoms with E-state index in [-0.39, 0.29) is 16.6 Å². The molecular weight excluding hydrogens is 373 g/mol. The first-order valence-electron chi connectivity index (χ1n) is 7.44. The highest BCUT2D eigenvalue weighted by Gasteiger charge is 2.31. The topological polar surface area (TPSA) is 64.0 Å². The zero-order valence-corrected chi connectivity index (χ0v) is 13.6. The molecule has 1 aromatic heterocycles. The first kappa shape index (κ1) is 18.5. The number of hydrogen-bond donors (Lipinski definition) is 1. The first-order chi connectivity index (χ1) is 12.6. The summed E-state index contributed by atoms with van der Waals surface area (Å²) in [4.78, 5) is 28.2. The standard InChI is InChI=1S/C17H10F5N3O2/c1-8(26)25-15(27)13-3-2-9(17(20,21)22)4-14(13)24-16(25)23-12-6-10(18)5-11(19)7-12/h2-7H,1H3,(H,23,24). The molecule has 1 N–H and O–H groups in total. The highest BCUT2D eigenvalue weighted by atomic mass is 19.4. The van der Waals surface area contributed by atoms with Crippen LogP contribution in [-0.4, -0.2) is 15.5 Å². The Morgan fingerprint density at radius 3 is 2.26 bits per heavy atom. The summed E-state index contributed by atoms with van der Waals surface area (Å²) in [6.45, 7) is 1.04. The molecule has 3 rings (SSSR count). The number of carbonyl (C=O) groups is 1. The third-order valence-corrected chi connectivity index (χ3v) is 3.63. The molecular formula is C17H10F5N3O2. The third-order valence-electron chi connectivity index (χ3n) is 3.63. The molecule has 10 heteroatoms. The zero-order chi connectivity index (χ0) is 19.9. The average Bonchev–Trinajstić information content (AvgIpc) is 2.52. The van der Waals surface area contributed by atoms with E-state index >= 15 is 0 Å². The van der Waals surface area contributed by atoms with Gasteiger partial charge in [-0.1, -0.05) is 0 Å². The van der Waals surface area contributed by atoms with E-state index in [1.807, 2.05) is 0 Å². The normalized spacial score (nSPS) is 11.6. The fourth-order valence-corrected chi connectivity index (χ4v) is 2.49. The number of carbonyl (C=O) groups excluding carboxylic acids is 1. The second kappa shape index (κ2) is 6.45. The zero-order valence-electron chi connectivity index (χ0n) is 13.6. The average molecular weight is 383 g/mol. The Hall–Kier alpha value is -3.30. The first-order valence-corrected chi connectivity index (χ1v) is 7.44. The van der Waals surface area contributed by atoms with Crippen molar-refractivity contribution in [1.29, 1.82) is 0 Å². The van der Waals surface area contributed by atoms with Crippen molar-refractivity contribution < 1.29 is 26.7 Å². The van der Waals surface area contributed by atoms with Crippen molar-refractivity contribution in [2.24, 2.45) is 0 Å². The summed E-state index contributed by atoms with van der Waals surface area (Å²) in [7, 11) is 0. The molecule has 1 heterocycles. The van der Waals surface area contributed by atoms with Gasteiger partial charge in [-0.25, -0.2) is 18.3 Å². The molecule has 0 aliphatic rings. The van der Waals surface area contributed by atoms with E-state index in [1.54, 1.807) is 0 Å². The number of anilines is 2. The van der Waals surface area contributed by atoms with Crippen LogP contribution in [0.1, 0.15) is 17.3 Å². The lowest BCUT2D eigenvalue weighted by Crippen LogP contribution is -2.28. The maximum absolute atomic E-state index is 13.3. The van der Waals surface area contributed by atoms with Crippen LogP contribution < -0.4 is 10.9 Å². The van der Waals surface area contributed by atoms with Gasteiger partial charge in [-0.05, 0) is 30.3 Å². The van der Waals surface area contributed by atoms with Gasteiger partial charge in [0, 0.05) is 18.7 Å². The predicted molar refractivity (Wildman–Crippen MR) is 86.9 cm³/mol. The van der Waals surface area contributed by atoms with Crippen LogP contribution in [0.25, 0.3) is 10.9 Å². The van der Waals surface area contributed by atoms with Crippen LogP contribution in [-0.2, 0) is 6.18 Å². The summed E-state index contributed by atoms with van der Waals surface area (Å²) in [6, 6.07) is 4.61. The number of fused-ring (bicyclic) bond motifs is 1. The lowest BCUT2D eigenvalue weighted by atomic mass is 10.1. The van der Waals surface area contributed by atoms with E-state index in [1.165, 1.54) is 0 Å². The van der Waals surface area contributed by atoms with Gasteiger partial charge < -0.3 is 5.32 Å². The second-order valence-electron chi connectivity index (χ2n) is 5.61. The van der Waals surface area contributed by atoms with Gasteiger partial charge in [0.15, 0.2) is 0 Å². The molecule has 27 heavy (non-hydrogen) atoms. The van der Waals surface area contributed by atoms with Gasteiger partial charge in [-0.15, -0.1) is 0 Å². The van der Waals surface area contributed by atoms with Crippen molar-refractivity contribution in [2.75, 3.05) is 5.32 Å². The molecule has 0 aliphatic carbocycles. The summed E-state index contributed by atoms with van der Waals surface area (Å²) in [5.74, 6) is -3.12. The van der Waals surface area contributed by atoms with E-state index in [0.717, 1.165) is 25.1 Å². The minimum atomic E-state index is -4.66. The van der Waals surface area contributed by atoms with E-state index in [0.29, 0.717) is 22.8 Å². The fourth-order valence-electron chi connectivity index (χ4n) is 2.49. The third kappa shape index (κ3) is 3.64. The molecule has 0 radical (unpaired) electrons. The van der Waals surface area contributed by atoms with Crippen LogP contribution in [0.4, 0.5) is 33.6 Å². The predicted octanol–water partition coefficient (Wildman–Crippen LogP) is 4.10. The minimum absolute atomic E-state index is 0.180. The highest BCUT2D eigenvalue weighted by Crippen LogP contribution is 2.31. The van der Waals surface area contributed by atoms with Gasteiger partial charge in [0.2, 0.25) is 11.9 Å². The van der Waals surface area contributed by atoms with Crippen molar-refractivity contribution in [2.45, 2.75) is 13.1 Å². The van der Waals surface area contributed by atoms with Gasteiger partial charge in [-0.2, -0.15) is 13.2 Å². The number of alkyl halides is 3. The molecule has 140 valence electrons. The molecule has 2 aromatic carbocycles. The summed E-state index contributed by atoms with van der Waals surface area (Å²) in [5, 5.41) is 2.18. The van der Waals surface area contributed by atoms with Crippen molar-refractivity contribution >= 4 is 28.4 Å². The Kier molecular flexibility index (Phi) is 4.42. The van der Waals surface area contributed by atoms with Gasteiger partial charge in [0.1, 0.15) is 11.6 Å². The van der Waals surface area contributed by atoms with Gasteiger partial charge >= 0.3 is 6.18 Å². The lowest BCUT2D eigenvalue weighted by molar-refractivity contribution is -0.137.